The Hall–Kier alpha value is -1.35. The van der Waals surface area contributed by atoms with E-state index in [0.717, 1.165) is 12.0 Å². The summed E-state index contributed by atoms with van der Waals surface area (Å²) in [6, 6.07) is 3.91. The van der Waals surface area contributed by atoms with Crippen molar-refractivity contribution in [2.45, 2.75) is 45.3 Å². The van der Waals surface area contributed by atoms with Crippen molar-refractivity contribution in [1.29, 1.82) is 0 Å². The van der Waals surface area contributed by atoms with Crippen LogP contribution in [0.1, 0.15) is 45.3 Å². The Morgan fingerprint density at radius 3 is 2.84 bits per heavy atom. The van der Waals surface area contributed by atoms with Crippen LogP contribution < -0.4 is 5.73 Å². The molecule has 1 aromatic rings. The number of hydrogen-bond acceptors (Lipinski definition) is 3. The number of rotatable bonds is 1. The molecule has 1 aliphatic carbocycles. The third-order valence-corrected chi connectivity index (χ3v) is 4.76. The van der Waals surface area contributed by atoms with Crippen LogP contribution in [0.2, 0.25) is 0 Å². The average molecular weight is 258 g/mol. The molecule has 0 radical (unpaired) electrons. The zero-order valence-electron chi connectivity index (χ0n) is 11.9. The molecular formula is C16H22N2O. The van der Waals surface area contributed by atoms with Gasteiger partial charge in [-0.25, -0.2) is 4.98 Å². The zero-order chi connectivity index (χ0) is 13.6. The van der Waals surface area contributed by atoms with Crippen LogP contribution in [0.4, 0.5) is 5.82 Å². The van der Waals surface area contributed by atoms with E-state index in [1.165, 1.54) is 12.0 Å². The van der Waals surface area contributed by atoms with Crippen molar-refractivity contribution in [3.05, 3.63) is 35.5 Å². The predicted molar refractivity (Wildman–Crippen MR) is 76.5 cm³/mol. The number of nitrogens with two attached hydrogens (primary N) is 1. The third kappa shape index (κ3) is 2.16. The molecule has 2 bridgehead atoms. The number of anilines is 1. The van der Waals surface area contributed by atoms with Crippen molar-refractivity contribution in [1.82, 2.24) is 4.98 Å². The summed E-state index contributed by atoms with van der Waals surface area (Å²) in [5.41, 5.74) is 8.20. The van der Waals surface area contributed by atoms with Crippen molar-refractivity contribution < 1.29 is 4.74 Å². The molecule has 3 unspecified atom stereocenters. The Kier molecular flexibility index (Phi) is 2.90. The molecule has 1 aromatic heterocycles. The minimum absolute atomic E-state index is 0.0697. The van der Waals surface area contributed by atoms with Gasteiger partial charge in [-0.2, -0.15) is 0 Å². The molecular weight excluding hydrogens is 236 g/mol. The lowest BCUT2D eigenvalue weighted by Crippen LogP contribution is -2.45. The number of aromatic nitrogens is 1. The maximum atomic E-state index is 6.42. The Morgan fingerprint density at radius 2 is 2.16 bits per heavy atom. The number of fused-ring (bicyclic) bond motifs is 2. The van der Waals surface area contributed by atoms with Gasteiger partial charge < -0.3 is 10.5 Å². The van der Waals surface area contributed by atoms with Crippen LogP contribution in [0.25, 0.3) is 0 Å². The van der Waals surface area contributed by atoms with Gasteiger partial charge in [0.2, 0.25) is 0 Å². The van der Waals surface area contributed by atoms with Crippen molar-refractivity contribution in [2.75, 3.05) is 5.73 Å². The van der Waals surface area contributed by atoms with Crippen molar-refractivity contribution in [3.8, 4) is 0 Å². The monoisotopic (exact) mass is 258 g/mol. The van der Waals surface area contributed by atoms with Crippen LogP contribution in [0.3, 0.4) is 0 Å². The molecule has 19 heavy (non-hydrogen) atoms. The Labute approximate surface area is 114 Å². The first-order chi connectivity index (χ1) is 8.97. The lowest BCUT2D eigenvalue weighted by Gasteiger charge is -2.49. The molecule has 0 amide bonds. The molecule has 3 nitrogen and oxygen atoms in total. The van der Waals surface area contributed by atoms with E-state index in [1.54, 1.807) is 0 Å². The van der Waals surface area contributed by atoms with Crippen molar-refractivity contribution in [3.63, 3.8) is 0 Å². The fourth-order valence-corrected chi connectivity index (χ4v) is 3.39. The summed E-state index contributed by atoms with van der Waals surface area (Å²) in [5.74, 6) is 1.67. The fraction of sp³-hybridized carbons (Fsp3) is 0.562. The second-order valence-electron chi connectivity index (χ2n) is 6.38. The summed E-state index contributed by atoms with van der Waals surface area (Å²) < 4.78 is 6.42. The van der Waals surface area contributed by atoms with Gasteiger partial charge in [0.1, 0.15) is 5.82 Å². The SMILES string of the molecule is CC1=CCC2CC1C(c1ccc(N)nc1)OC2(C)C. The van der Waals surface area contributed by atoms with E-state index in [4.69, 9.17) is 10.5 Å². The third-order valence-electron chi connectivity index (χ3n) is 4.76. The summed E-state index contributed by atoms with van der Waals surface area (Å²) in [7, 11) is 0. The Morgan fingerprint density at radius 1 is 1.37 bits per heavy atom. The van der Waals surface area contributed by atoms with E-state index < -0.39 is 0 Å². The molecule has 2 heterocycles. The highest BCUT2D eigenvalue weighted by Gasteiger charge is 2.45. The van der Waals surface area contributed by atoms with E-state index in [-0.39, 0.29) is 11.7 Å². The summed E-state index contributed by atoms with van der Waals surface area (Å²) in [6.07, 6.45) is 6.71. The van der Waals surface area contributed by atoms with E-state index in [9.17, 15) is 0 Å². The molecule has 1 fully saturated rings. The van der Waals surface area contributed by atoms with Crippen LogP contribution >= 0.6 is 0 Å². The van der Waals surface area contributed by atoms with E-state index in [0.29, 0.717) is 17.7 Å². The topological polar surface area (TPSA) is 48.1 Å². The van der Waals surface area contributed by atoms with Crippen molar-refractivity contribution in [2.24, 2.45) is 11.8 Å². The lowest BCUT2D eigenvalue weighted by atomic mass is 9.69. The van der Waals surface area contributed by atoms with Gasteiger partial charge in [0.25, 0.3) is 0 Å². The van der Waals surface area contributed by atoms with Gasteiger partial charge in [-0.05, 0) is 51.2 Å². The highest BCUT2D eigenvalue weighted by Crippen LogP contribution is 2.50. The largest absolute Gasteiger partial charge is 0.384 e. The zero-order valence-corrected chi connectivity index (χ0v) is 11.9. The normalized spacial score (nSPS) is 32.8. The van der Waals surface area contributed by atoms with Crippen LogP contribution in [-0.4, -0.2) is 10.6 Å². The van der Waals surface area contributed by atoms with E-state index in [1.807, 2.05) is 18.3 Å². The molecule has 0 aromatic carbocycles. The first-order valence-corrected chi connectivity index (χ1v) is 7.03. The van der Waals surface area contributed by atoms with Gasteiger partial charge in [-0.3, -0.25) is 0 Å². The predicted octanol–water partition coefficient (Wildman–Crippen LogP) is 3.49. The number of allylic oxidation sites excluding steroid dienone is 1. The molecule has 3 atom stereocenters. The minimum atomic E-state index is -0.0697. The molecule has 102 valence electrons. The van der Waals surface area contributed by atoms with Crippen molar-refractivity contribution >= 4 is 5.82 Å². The highest BCUT2D eigenvalue weighted by molar-refractivity contribution is 5.32. The quantitative estimate of drug-likeness (QED) is 0.784. The molecule has 0 spiro atoms. The maximum absolute atomic E-state index is 6.42. The maximum Gasteiger partial charge on any atom is 0.123 e. The first-order valence-electron chi connectivity index (χ1n) is 7.03. The summed E-state index contributed by atoms with van der Waals surface area (Å²) in [6.45, 7) is 6.64. The highest BCUT2D eigenvalue weighted by atomic mass is 16.5. The van der Waals surface area contributed by atoms with Gasteiger partial charge in [0, 0.05) is 12.1 Å². The van der Waals surface area contributed by atoms with E-state index in [2.05, 4.69) is 31.8 Å². The van der Waals surface area contributed by atoms with Crippen LogP contribution in [0.5, 0.6) is 0 Å². The Balaban J connectivity index is 1.97. The summed E-state index contributed by atoms with van der Waals surface area (Å²) in [5, 5.41) is 0. The minimum Gasteiger partial charge on any atom is -0.384 e. The molecule has 2 N–H and O–H groups in total. The van der Waals surface area contributed by atoms with E-state index >= 15 is 0 Å². The average Bonchev–Trinajstić information content (AvgIpc) is 2.37. The number of pyridine rings is 1. The smallest absolute Gasteiger partial charge is 0.123 e. The molecule has 1 aliphatic heterocycles. The number of nitrogens with zero attached hydrogens (tertiary/aromatic N) is 1. The molecule has 2 aliphatic rings. The standard InChI is InChI=1S/C16H22N2O/c1-10-4-6-12-8-13(10)15(19-16(12,2)3)11-5-7-14(17)18-9-11/h4-5,7,9,12-13,15H,6,8H2,1-3H3,(H2,17,18). The lowest BCUT2D eigenvalue weighted by molar-refractivity contribution is -0.166. The molecule has 3 rings (SSSR count). The molecule has 3 heteroatoms. The number of hydrogen-bond donors (Lipinski definition) is 1. The van der Waals surface area contributed by atoms with Crippen LogP contribution in [-0.2, 0) is 4.74 Å². The first kappa shape index (κ1) is 12.7. The number of ether oxygens (including phenoxy) is 1. The van der Waals surface area contributed by atoms with Gasteiger partial charge in [0.05, 0.1) is 11.7 Å². The van der Waals surface area contributed by atoms with Gasteiger partial charge in [-0.15, -0.1) is 0 Å². The fourth-order valence-electron chi connectivity index (χ4n) is 3.39. The van der Waals surface area contributed by atoms with Gasteiger partial charge in [-0.1, -0.05) is 17.7 Å². The summed E-state index contributed by atoms with van der Waals surface area (Å²) in [4.78, 5) is 4.21. The second-order valence-corrected chi connectivity index (χ2v) is 6.38. The van der Waals surface area contributed by atoms with Gasteiger partial charge in [0.15, 0.2) is 0 Å². The number of nitrogen functional groups attached to an aromatic ring is 1. The van der Waals surface area contributed by atoms with Gasteiger partial charge >= 0.3 is 0 Å². The molecule has 1 saturated heterocycles. The summed E-state index contributed by atoms with van der Waals surface area (Å²) >= 11 is 0. The van der Waals surface area contributed by atoms with Crippen LogP contribution in [0.15, 0.2) is 30.0 Å². The van der Waals surface area contributed by atoms with Crippen LogP contribution in [0, 0.1) is 11.8 Å². The second kappa shape index (κ2) is 4.34. The molecule has 0 saturated carbocycles. The Bertz CT molecular complexity index is 504.